The summed E-state index contributed by atoms with van der Waals surface area (Å²) < 4.78 is 24.8. The van der Waals surface area contributed by atoms with E-state index in [2.05, 4.69) is 0 Å². The highest BCUT2D eigenvalue weighted by Gasteiger charge is 1.98. The van der Waals surface area contributed by atoms with Crippen molar-refractivity contribution < 1.29 is 13.6 Å². The van der Waals surface area contributed by atoms with E-state index in [1.165, 1.54) is 0 Å². The first-order valence-electron chi connectivity index (χ1n) is 3.11. The van der Waals surface area contributed by atoms with Gasteiger partial charge in [-0.3, -0.25) is 0 Å². The van der Waals surface area contributed by atoms with Crippen LogP contribution in [0.4, 0.5) is 8.78 Å². The summed E-state index contributed by atoms with van der Waals surface area (Å²) in [4.78, 5) is 9.95. The Bertz CT molecular complexity index is 251. The van der Waals surface area contributed by atoms with Crippen LogP contribution in [0.5, 0.6) is 0 Å². The van der Waals surface area contributed by atoms with Crippen molar-refractivity contribution in [1.29, 1.82) is 0 Å². The van der Waals surface area contributed by atoms with E-state index in [1.807, 2.05) is 0 Å². The number of carbonyl (C=O) groups is 1. The van der Waals surface area contributed by atoms with Crippen molar-refractivity contribution in [3.05, 3.63) is 35.4 Å². The number of carbonyl (C=O) groups excluding carboxylic acids is 1. The fraction of sp³-hybridized carbons (Fsp3) is 0.125. The molecule has 0 saturated carbocycles. The van der Waals surface area contributed by atoms with Gasteiger partial charge in [0.15, 0.2) is 0 Å². The minimum atomic E-state index is -0.651. The maximum absolute atomic E-state index is 12.4. The van der Waals surface area contributed by atoms with Gasteiger partial charge >= 0.3 is 0 Å². The van der Waals surface area contributed by atoms with Crippen molar-refractivity contribution in [3.63, 3.8) is 0 Å². The molecule has 0 aliphatic rings. The van der Waals surface area contributed by atoms with E-state index in [0.29, 0.717) is 11.8 Å². The van der Waals surface area contributed by atoms with Crippen molar-refractivity contribution in [2.24, 2.45) is 0 Å². The Morgan fingerprint density at radius 3 is 2.18 bits per heavy atom. The smallest absolute Gasteiger partial charge is 0.126 e. The second-order valence-corrected chi connectivity index (χ2v) is 2.15. The van der Waals surface area contributed by atoms with Gasteiger partial charge in [-0.25, -0.2) is 8.78 Å². The molecule has 11 heavy (non-hydrogen) atoms. The molecular weight excluding hydrogens is 150 g/mol. The maximum Gasteiger partial charge on any atom is 0.126 e. The molecule has 1 rings (SSSR count). The fourth-order valence-corrected chi connectivity index (χ4v) is 0.825. The Labute approximate surface area is 62.7 Å². The summed E-state index contributed by atoms with van der Waals surface area (Å²) in [6, 6.07) is 3.04. The Kier molecular flexibility index (Phi) is 2.31. The van der Waals surface area contributed by atoms with Gasteiger partial charge in [-0.1, -0.05) is 0 Å². The van der Waals surface area contributed by atoms with E-state index >= 15 is 0 Å². The lowest BCUT2D eigenvalue weighted by atomic mass is 10.1. The lowest BCUT2D eigenvalue weighted by Crippen LogP contribution is -1.89. The van der Waals surface area contributed by atoms with Crippen LogP contribution in [-0.2, 0) is 11.2 Å². The average Bonchev–Trinajstić information content (AvgIpc) is 1.85. The lowest BCUT2D eigenvalue weighted by molar-refractivity contribution is -0.107. The van der Waals surface area contributed by atoms with Crippen LogP contribution in [0.25, 0.3) is 0 Å². The second kappa shape index (κ2) is 3.23. The summed E-state index contributed by atoms with van der Waals surface area (Å²) in [7, 11) is 0. The van der Waals surface area contributed by atoms with Gasteiger partial charge in [-0.05, 0) is 17.7 Å². The largest absolute Gasteiger partial charge is 0.303 e. The van der Waals surface area contributed by atoms with Gasteiger partial charge in [0, 0.05) is 12.5 Å². The van der Waals surface area contributed by atoms with Gasteiger partial charge in [0.1, 0.15) is 17.9 Å². The molecule has 0 aliphatic heterocycles. The molecule has 0 N–H and O–H groups in total. The lowest BCUT2D eigenvalue weighted by Gasteiger charge is -1.95. The van der Waals surface area contributed by atoms with Crippen molar-refractivity contribution in [2.75, 3.05) is 0 Å². The molecule has 0 saturated heterocycles. The molecule has 0 atom stereocenters. The quantitative estimate of drug-likeness (QED) is 0.595. The summed E-state index contributed by atoms with van der Waals surface area (Å²) in [6.45, 7) is 0. The predicted octanol–water partition coefficient (Wildman–Crippen LogP) is 1.71. The first-order chi connectivity index (χ1) is 5.22. The number of hydrogen-bond acceptors (Lipinski definition) is 1. The zero-order chi connectivity index (χ0) is 8.27. The van der Waals surface area contributed by atoms with Gasteiger partial charge in [0.05, 0.1) is 0 Å². The summed E-state index contributed by atoms with van der Waals surface area (Å²) in [5, 5.41) is 0. The first-order valence-corrected chi connectivity index (χ1v) is 3.11. The zero-order valence-electron chi connectivity index (χ0n) is 5.68. The molecule has 58 valence electrons. The number of aldehydes is 1. The van der Waals surface area contributed by atoms with Crippen LogP contribution < -0.4 is 0 Å². The van der Waals surface area contributed by atoms with E-state index < -0.39 is 11.6 Å². The third kappa shape index (κ3) is 2.11. The Balaban J connectivity index is 2.98. The third-order valence-electron chi connectivity index (χ3n) is 1.24. The van der Waals surface area contributed by atoms with Crippen LogP contribution in [0, 0.1) is 11.6 Å². The number of rotatable bonds is 2. The van der Waals surface area contributed by atoms with Crippen LogP contribution in [-0.4, -0.2) is 6.29 Å². The van der Waals surface area contributed by atoms with Crippen LogP contribution in [0.1, 0.15) is 5.56 Å². The van der Waals surface area contributed by atoms with E-state index in [4.69, 9.17) is 0 Å². The van der Waals surface area contributed by atoms with Crippen LogP contribution in [0.15, 0.2) is 18.2 Å². The van der Waals surface area contributed by atoms with Gasteiger partial charge in [-0.15, -0.1) is 0 Å². The molecule has 1 aromatic rings. The molecule has 3 heteroatoms. The SMILES string of the molecule is O=CCc1cc(F)cc(F)c1. The average molecular weight is 156 g/mol. The van der Waals surface area contributed by atoms with E-state index in [9.17, 15) is 13.6 Å². The Morgan fingerprint density at radius 2 is 1.73 bits per heavy atom. The molecule has 0 bridgehead atoms. The minimum Gasteiger partial charge on any atom is -0.303 e. The first kappa shape index (κ1) is 7.85. The van der Waals surface area contributed by atoms with E-state index in [1.54, 1.807) is 0 Å². The molecule has 0 spiro atoms. The molecule has 0 amide bonds. The van der Waals surface area contributed by atoms with Crippen LogP contribution >= 0.6 is 0 Å². The molecule has 0 aromatic heterocycles. The molecule has 0 radical (unpaired) electrons. The van der Waals surface area contributed by atoms with Crippen molar-refractivity contribution in [3.8, 4) is 0 Å². The van der Waals surface area contributed by atoms with Crippen LogP contribution in [0.3, 0.4) is 0 Å². The molecule has 0 aliphatic carbocycles. The molecule has 1 aromatic carbocycles. The summed E-state index contributed by atoms with van der Waals surface area (Å²) >= 11 is 0. The van der Waals surface area contributed by atoms with Gasteiger partial charge in [0.25, 0.3) is 0 Å². The van der Waals surface area contributed by atoms with Gasteiger partial charge in [0.2, 0.25) is 0 Å². The molecule has 0 unspecified atom stereocenters. The molecule has 0 heterocycles. The second-order valence-electron chi connectivity index (χ2n) is 2.15. The van der Waals surface area contributed by atoms with Crippen LogP contribution in [0.2, 0.25) is 0 Å². The van der Waals surface area contributed by atoms with Gasteiger partial charge < -0.3 is 4.79 Å². The topological polar surface area (TPSA) is 17.1 Å². The molecule has 1 nitrogen and oxygen atoms in total. The molecular formula is C8H6F2O. The third-order valence-corrected chi connectivity index (χ3v) is 1.24. The minimum absolute atomic E-state index is 0.0503. The zero-order valence-corrected chi connectivity index (χ0v) is 5.68. The Hall–Kier alpha value is -1.25. The van der Waals surface area contributed by atoms with Gasteiger partial charge in [-0.2, -0.15) is 0 Å². The van der Waals surface area contributed by atoms with E-state index in [0.717, 1.165) is 18.2 Å². The van der Waals surface area contributed by atoms with E-state index in [-0.39, 0.29) is 6.42 Å². The summed E-state index contributed by atoms with van der Waals surface area (Å²) in [5.74, 6) is -1.30. The normalized spacial score (nSPS) is 9.64. The highest BCUT2D eigenvalue weighted by molar-refractivity contribution is 5.54. The number of benzene rings is 1. The Morgan fingerprint density at radius 1 is 1.18 bits per heavy atom. The molecule has 0 fully saturated rings. The summed E-state index contributed by atoms with van der Waals surface area (Å²) in [5.41, 5.74) is 0.359. The predicted molar refractivity (Wildman–Crippen MR) is 36.1 cm³/mol. The highest BCUT2D eigenvalue weighted by Crippen LogP contribution is 2.07. The van der Waals surface area contributed by atoms with Crippen molar-refractivity contribution in [2.45, 2.75) is 6.42 Å². The monoisotopic (exact) mass is 156 g/mol. The fourth-order valence-electron chi connectivity index (χ4n) is 0.825. The highest BCUT2D eigenvalue weighted by atomic mass is 19.1. The standard InChI is InChI=1S/C8H6F2O/c9-7-3-6(1-2-11)4-8(10)5-7/h2-5H,1H2. The van der Waals surface area contributed by atoms with Crippen molar-refractivity contribution in [1.82, 2.24) is 0 Å². The summed E-state index contributed by atoms with van der Waals surface area (Å²) in [6.07, 6.45) is 0.656. The van der Waals surface area contributed by atoms with Crippen molar-refractivity contribution >= 4 is 6.29 Å². The number of halogens is 2. The number of hydrogen-bond donors (Lipinski definition) is 0. The maximum atomic E-state index is 12.4.